The number of allylic oxidation sites excluding steroid dienone is 1. The van der Waals surface area contributed by atoms with Crippen molar-refractivity contribution >= 4 is 17.0 Å². The molecule has 6 heterocycles. The normalized spacial score (nSPS) is 15.4. The lowest BCUT2D eigenvalue weighted by molar-refractivity contribution is 0.764. The van der Waals surface area contributed by atoms with Crippen molar-refractivity contribution in [2.24, 2.45) is 0 Å². The molecule has 11 rings (SSSR count). The predicted octanol–water partition coefficient (Wildman–Crippen LogP) is 8.76. The summed E-state index contributed by atoms with van der Waals surface area (Å²) in [6, 6.07) is 30.8. The van der Waals surface area contributed by atoms with E-state index in [0.717, 1.165) is 51.7 Å². The van der Waals surface area contributed by atoms with Crippen LogP contribution < -0.4 is 0 Å². The van der Waals surface area contributed by atoms with Crippen molar-refractivity contribution < 1.29 is 0 Å². The highest BCUT2D eigenvalue weighted by molar-refractivity contribution is 6.19. The van der Waals surface area contributed by atoms with Gasteiger partial charge in [0.2, 0.25) is 0 Å². The van der Waals surface area contributed by atoms with Gasteiger partial charge < -0.3 is 0 Å². The van der Waals surface area contributed by atoms with Gasteiger partial charge in [-0.3, -0.25) is 19.9 Å². The van der Waals surface area contributed by atoms with Crippen LogP contribution in [0.1, 0.15) is 51.8 Å². The van der Waals surface area contributed by atoms with E-state index in [0.29, 0.717) is 39.7 Å². The zero-order valence-corrected chi connectivity index (χ0v) is 30.9. The lowest BCUT2D eigenvalue weighted by Crippen LogP contribution is -2.14. The first-order chi connectivity index (χ1) is 28.8. The summed E-state index contributed by atoms with van der Waals surface area (Å²) in [5.41, 5.74) is 14.0. The van der Waals surface area contributed by atoms with Gasteiger partial charge in [-0.25, -0.2) is 9.97 Å². The average molecular weight is 750 g/mol. The van der Waals surface area contributed by atoms with Crippen molar-refractivity contribution in [3.63, 3.8) is 0 Å². The molecule has 0 fully saturated rings. The number of aromatic nitrogens is 11. The Labute approximate surface area is 332 Å². The maximum absolute atomic E-state index is 5.95. The molecule has 274 valence electrons. The fraction of sp³-hybridized carbons (Fsp3) is 0.0851. The van der Waals surface area contributed by atoms with Crippen molar-refractivity contribution in [1.82, 2.24) is 55.5 Å². The Morgan fingerprint density at radius 1 is 0.534 bits per heavy atom. The minimum atomic E-state index is -0.162. The molecule has 6 aromatic heterocycles. The third-order valence-corrected chi connectivity index (χ3v) is 11.2. The van der Waals surface area contributed by atoms with Gasteiger partial charge in [0, 0.05) is 82.2 Å². The van der Waals surface area contributed by atoms with E-state index in [4.69, 9.17) is 35.1 Å². The Balaban J connectivity index is 1.44. The van der Waals surface area contributed by atoms with Crippen LogP contribution in [0.2, 0.25) is 0 Å². The van der Waals surface area contributed by atoms with Crippen molar-refractivity contribution in [3.05, 3.63) is 180 Å². The topological polar surface area (TPSA) is 142 Å². The summed E-state index contributed by atoms with van der Waals surface area (Å²) in [5, 5.41) is 23.3. The van der Waals surface area contributed by atoms with E-state index in [2.05, 4.69) is 81.1 Å². The molecule has 0 spiro atoms. The van der Waals surface area contributed by atoms with Crippen LogP contribution in [0, 0.1) is 0 Å². The second-order valence-electron chi connectivity index (χ2n) is 14.3. The van der Waals surface area contributed by atoms with E-state index in [9.17, 15) is 0 Å². The summed E-state index contributed by atoms with van der Waals surface area (Å²) >= 11 is 0. The molecule has 0 N–H and O–H groups in total. The number of hydrogen-bond acceptors (Lipinski definition) is 11. The van der Waals surface area contributed by atoms with Crippen LogP contribution in [-0.4, -0.2) is 55.5 Å². The van der Waals surface area contributed by atoms with Crippen LogP contribution in [0.4, 0.5) is 0 Å². The van der Waals surface area contributed by atoms with E-state index in [1.165, 1.54) is 22.3 Å². The summed E-state index contributed by atoms with van der Waals surface area (Å²) in [6.07, 6.45) is 20.1. The monoisotopic (exact) mass is 749 g/mol. The summed E-state index contributed by atoms with van der Waals surface area (Å²) in [4.78, 5) is 30.3. The van der Waals surface area contributed by atoms with Crippen molar-refractivity contribution in [2.45, 2.75) is 24.7 Å². The Morgan fingerprint density at radius 2 is 1.34 bits per heavy atom. The Kier molecular flexibility index (Phi) is 8.13. The van der Waals surface area contributed by atoms with Crippen LogP contribution >= 0.6 is 0 Å². The molecule has 0 bridgehead atoms. The summed E-state index contributed by atoms with van der Waals surface area (Å²) < 4.78 is 0. The zero-order chi connectivity index (χ0) is 38.4. The first-order valence-electron chi connectivity index (χ1n) is 19.1. The fourth-order valence-corrected chi connectivity index (χ4v) is 8.90. The van der Waals surface area contributed by atoms with Gasteiger partial charge in [0.1, 0.15) is 0 Å². The van der Waals surface area contributed by atoms with Gasteiger partial charge in [0.05, 0.1) is 46.4 Å². The molecule has 11 heteroatoms. The number of nitrogens with zero attached hydrogens (tertiary/aromatic N) is 11. The van der Waals surface area contributed by atoms with Crippen molar-refractivity contribution in [1.29, 1.82) is 0 Å². The first-order valence-corrected chi connectivity index (χ1v) is 19.1. The SMILES string of the molecule is C1=CC(c2nc3c(-c4ccccn4)c(-c4ncccn4)c(-c4cnccn4)c(-c4cccnn4)c3c(-c3ccnnn3)c2C2CCc3ccccc32)c2ccccc21. The number of hydrogen-bond donors (Lipinski definition) is 0. The lowest BCUT2D eigenvalue weighted by atomic mass is 9.77. The molecule has 0 aliphatic heterocycles. The van der Waals surface area contributed by atoms with Crippen LogP contribution in [0.25, 0.3) is 73.4 Å². The van der Waals surface area contributed by atoms with E-state index in [1.807, 2.05) is 42.5 Å². The average Bonchev–Trinajstić information content (AvgIpc) is 3.94. The highest BCUT2D eigenvalue weighted by atomic mass is 15.3. The van der Waals surface area contributed by atoms with Gasteiger partial charge >= 0.3 is 0 Å². The standard InChI is InChI=1S/C47H31N11/c1-3-11-30-28(9-1)15-17-32(30)38-39(36-19-24-54-58-57-36)43-40(35-14-7-23-53-56-35)41(37-27-48-25-26-50-37)44(47-51-21-8-22-52-47)42(34-13-5-6-20-49-34)46(43)55-45(38)33-18-16-29-10-2-4-12-31(29)33/h1-14,16,18-27,32-33H,15,17H2. The van der Waals surface area contributed by atoms with Gasteiger partial charge in [0.15, 0.2) is 5.82 Å². The van der Waals surface area contributed by atoms with Gasteiger partial charge in [-0.15, -0.1) is 10.2 Å². The van der Waals surface area contributed by atoms with E-state index < -0.39 is 0 Å². The minimum Gasteiger partial charge on any atom is -0.261 e. The predicted molar refractivity (Wildman–Crippen MR) is 221 cm³/mol. The van der Waals surface area contributed by atoms with E-state index in [-0.39, 0.29) is 11.8 Å². The quantitative estimate of drug-likeness (QED) is 0.154. The van der Waals surface area contributed by atoms with E-state index >= 15 is 0 Å². The maximum Gasteiger partial charge on any atom is 0.160 e. The molecule has 2 atom stereocenters. The largest absolute Gasteiger partial charge is 0.261 e. The number of benzene rings is 3. The second kappa shape index (κ2) is 14.1. The van der Waals surface area contributed by atoms with Crippen LogP contribution in [0.5, 0.6) is 0 Å². The highest BCUT2D eigenvalue weighted by Gasteiger charge is 2.38. The first kappa shape index (κ1) is 33.5. The van der Waals surface area contributed by atoms with Gasteiger partial charge in [0.25, 0.3) is 0 Å². The molecule has 0 amide bonds. The molecule has 11 nitrogen and oxygen atoms in total. The van der Waals surface area contributed by atoms with Gasteiger partial charge in [-0.2, -0.15) is 10.2 Å². The number of aryl methyl sites for hydroxylation is 1. The molecule has 3 aromatic carbocycles. The Hall–Kier alpha value is -7.79. The number of pyridine rings is 2. The third-order valence-electron chi connectivity index (χ3n) is 11.2. The molecule has 0 radical (unpaired) electrons. The van der Waals surface area contributed by atoms with Crippen LogP contribution in [0.15, 0.2) is 147 Å². The van der Waals surface area contributed by atoms with Crippen LogP contribution in [0.3, 0.4) is 0 Å². The van der Waals surface area contributed by atoms with Gasteiger partial charge in [-0.05, 0) is 82.3 Å². The number of rotatable bonds is 7. The summed E-state index contributed by atoms with van der Waals surface area (Å²) in [7, 11) is 0. The second-order valence-corrected chi connectivity index (χ2v) is 14.3. The molecule has 9 aromatic rings. The Morgan fingerprint density at radius 3 is 2.16 bits per heavy atom. The maximum atomic E-state index is 5.95. The molecular formula is C47H31N11. The van der Waals surface area contributed by atoms with E-state index in [1.54, 1.807) is 49.6 Å². The van der Waals surface area contributed by atoms with Crippen LogP contribution in [-0.2, 0) is 6.42 Å². The smallest absolute Gasteiger partial charge is 0.160 e. The molecule has 0 saturated heterocycles. The van der Waals surface area contributed by atoms with Crippen molar-refractivity contribution in [3.8, 4) is 56.4 Å². The fourth-order valence-electron chi connectivity index (χ4n) is 8.90. The highest BCUT2D eigenvalue weighted by Crippen LogP contribution is 2.55. The molecule has 2 unspecified atom stereocenters. The Bertz CT molecular complexity index is 3000. The van der Waals surface area contributed by atoms with Gasteiger partial charge in [-0.1, -0.05) is 66.7 Å². The molecule has 2 aliphatic rings. The molecule has 0 saturated carbocycles. The molecule has 2 aliphatic carbocycles. The summed E-state index contributed by atoms with van der Waals surface area (Å²) in [6.45, 7) is 0. The van der Waals surface area contributed by atoms with Crippen molar-refractivity contribution in [2.75, 3.05) is 0 Å². The minimum absolute atomic E-state index is 0.0145. The summed E-state index contributed by atoms with van der Waals surface area (Å²) in [5.74, 6) is 0.299. The molecule has 58 heavy (non-hydrogen) atoms. The lowest BCUT2D eigenvalue weighted by Gasteiger charge is -2.28. The number of fused-ring (bicyclic) bond motifs is 3. The zero-order valence-electron chi connectivity index (χ0n) is 30.9. The molecular weight excluding hydrogens is 719 g/mol. The third kappa shape index (κ3) is 5.47.